The molecule has 1 saturated heterocycles. The molecule has 1 fully saturated rings. The summed E-state index contributed by atoms with van der Waals surface area (Å²) in [4.78, 5) is 17.6. The number of piperidine rings is 1. The van der Waals surface area contributed by atoms with E-state index in [9.17, 15) is 4.79 Å². The van der Waals surface area contributed by atoms with Gasteiger partial charge in [0.1, 0.15) is 6.33 Å². The fraction of sp³-hybridized carbons (Fsp3) is 0.333. The lowest BCUT2D eigenvalue weighted by Gasteiger charge is -2.38. The Morgan fingerprint density at radius 3 is 2.71 bits per heavy atom. The van der Waals surface area contributed by atoms with Crippen LogP contribution in [0.1, 0.15) is 28.8 Å². The van der Waals surface area contributed by atoms with Crippen molar-refractivity contribution in [2.75, 3.05) is 20.1 Å². The molecule has 0 saturated carbocycles. The minimum absolute atomic E-state index is 0.00217. The highest BCUT2D eigenvalue weighted by Crippen LogP contribution is 2.21. The molecule has 0 N–H and O–H groups in total. The van der Waals surface area contributed by atoms with Crippen LogP contribution in [0.5, 0.6) is 0 Å². The molecule has 7 heteroatoms. The highest BCUT2D eigenvalue weighted by Gasteiger charge is 2.28. The van der Waals surface area contributed by atoms with Crippen molar-refractivity contribution in [2.45, 2.75) is 25.4 Å². The molecule has 1 aliphatic heterocycles. The van der Waals surface area contributed by atoms with Gasteiger partial charge in [0.15, 0.2) is 0 Å². The van der Waals surface area contributed by atoms with E-state index in [0.717, 1.165) is 32.5 Å². The Morgan fingerprint density at radius 2 is 1.93 bits per heavy atom. The average molecular weight is 376 g/mol. The van der Waals surface area contributed by atoms with Crippen LogP contribution in [0.3, 0.4) is 0 Å². The Kier molecular flexibility index (Phi) is 5.43. The number of likely N-dealkylation sites (N-methyl/N-ethyl adjacent to an activating group) is 1. The van der Waals surface area contributed by atoms with Gasteiger partial charge in [0, 0.05) is 26.2 Å². The normalized spacial score (nSPS) is 17.4. The van der Waals surface area contributed by atoms with E-state index < -0.39 is 0 Å². The summed E-state index contributed by atoms with van der Waals surface area (Å²) in [6.45, 7) is 2.86. The van der Waals surface area contributed by atoms with E-state index in [0.29, 0.717) is 11.3 Å². The maximum absolute atomic E-state index is 13.3. The van der Waals surface area contributed by atoms with Crippen molar-refractivity contribution in [3.05, 3.63) is 72.1 Å². The number of nitrogens with zero attached hydrogens (tertiary/aromatic N) is 6. The van der Waals surface area contributed by atoms with E-state index in [2.05, 4.69) is 44.7 Å². The van der Waals surface area contributed by atoms with Gasteiger partial charge in [-0.3, -0.25) is 9.69 Å². The molecule has 1 aromatic heterocycles. The minimum Gasteiger partial charge on any atom is -0.337 e. The molecule has 2 heterocycles. The molecular formula is C21H24N6O. The fourth-order valence-electron chi connectivity index (χ4n) is 3.81. The van der Waals surface area contributed by atoms with Crippen molar-refractivity contribution in [3.63, 3.8) is 0 Å². The molecule has 1 atom stereocenters. The molecule has 7 nitrogen and oxygen atoms in total. The zero-order chi connectivity index (χ0) is 19.3. The van der Waals surface area contributed by atoms with Gasteiger partial charge >= 0.3 is 0 Å². The first kappa shape index (κ1) is 18.3. The summed E-state index contributed by atoms with van der Waals surface area (Å²) in [6, 6.07) is 18.1. The second kappa shape index (κ2) is 8.31. The Bertz CT molecular complexity index is 912. The van der Waals surface area contributed by atoms with Crippen LogP contribution in [-0.2, 0) is 6.54 Å². The van der Waals surface area contributed by atoms with Gasteiger partial charge in [0.2, 0.25) is 0 Å². The summed E-state index contributed by atoms with van der Waals surface area (Å²) < 4.78 is 1.53. The van der Waals surface area contributed by atoms with Gasteiger partial charge < -0.3 is 4.90 Å². The van der Waals surface area contributed by atoms with E-state index in [4.69, 9.17) is 0 Å². The summed E-state index contributed by atoms with van der Waals surface area (Å²) >= 11 is 0. The van der Waals surface area contributed by atoms with Crippen LogP contribution in [0.25, 0.3) is 5.69 Å². The molecule has 4 rings (SSSR count). The Balaban J connectivity index is 1.48. The standard InChI is InChI=1S/C21H24N6O/c1-25(18-10-7-13-26(15-18)14-17-8-3-2-4-9-17)21(28)19-11-5-6-12-20(19)27-16-22-23-24-27/h2-6,8-9,11-12,16,18H,7,10,13-15H2,1H3/t18-/m0/s1. The first-order valence-corrected chi connectivity index (χ1v) is 9.58. The average Bonchev–Trinajstić information content (AvgIpc) is 3.28. The molecule has 0 aliphatic carbocycles. The van der Waals surface area contributed by atoms with Crippen LogP contribution < -0.4 is 0 Å². The number of carbonyl (C=O) groups excluding carboxylic acids is 1. The highest BCUT2D eigenvalue weighted by atomic mass is 16.2. The second-order valence-corrected chi connectivity index (χ2v) is 7.20. The molecule has 28 heavy (non-hydrogen) atoms. The number of tetrazole rings is 1. The maximum atomic E-state index is 13.3. The van der Waals surface area contributed by atoms with Crippen LogP contribution >= 0.6 is 0 Å². The number of likely N-dealkylation sites (tertiary alicyclic amines) is 1. The fourth-order valence-corrected chi connectivity index (χ4v) is 3.81. The van der Waals surface area contributed by atoms with Crippen molar-refractivity contribution in [3.8, 4) is 5.69 Å². The Morgan fingerprint density at radius 1 is 1.14 bits per heavy atom. The number of amides is 1. The third kappa shape index (κ3) is 3.94. The summed E-state index contributed by atoms with van der Waals surface area (Å²) in [5.74, 6) is -0.00217. The molecule has 3 aromatic rings. The minimum atomic E-state index is -0.00217. The van der Waals surface area contributed by atoms with Gasteiger partial charge in [-0.15, -0.1) is 5.10 Å². The van der Waals surface area contributed by atoms with Crippen molar-refractivity contribution < 1.29 is 4.79 Å². The molecule has 0 spiro atoms. The Labute approximate surface area is 164 Å². The third-order valence-corrected chi connectivity index (χ3v) is 5.33. The van der Waals surface area contributed by atoms with E-state index >= 15 is 0 Å². The molecule has 0 radical (unpaired) electrons. The van der Waals surface area contributed by atoms with Crippen LogP contribution in [-0.4, -0.2) is 62.1 Å². The number of rotatable bonds is 5. The van der Waals surface area contributed by atoms with Gasteiger partial charge in [0.25, 0.3) is 5.91 Å². The van der Waals surface area contributed by atoms with Gasteiger partial charge in [0.05, 0.1) is 11.3 Å². The van der Waals surface area contributed by atoms with Gasteiger partial charge in [-0.25, -0.2) is 0 Å². The van der Waals surface area contributed by atoms with Crippen LogP contribution in [0.2, 0.25) is 0 Å². The summed E-state index contributed by atoms with van der Waals surface area (Å²) in [7, 11) is 1.90. The predicted molar refractivity (Wildman–Crippen MR) is 106 cm³/mol. The molecule has 1 amide bonds. The van der Waals surface area contributed by atoms with E-state index in [-0.39, 0.29) is 11.9 Å². The third-order valence-electron chi connectivity index (χ3n) is 5.33. The largest absolute Gasteiger partial charge is 0.337 e. The van der Waals surface area contributed by atoms with Crippen LogP contribution in [0.15, 0.2) is 60.9 Å². The van der Waals surface area contributed by atoms with Crippen molar-refractivity contribution in [2.24, 2.45) is 0 Å². The first-order valence-electron chi connectivity index (χ1n) is 9.58. The van der Waals surface area contributed by atoms with E-state index in [1.807, 2.05) is 42.3 Å². The van der Waals surface area contributed by atoms with Gasteiger partial charge in [-0.05, 0) is 47.5 Å². The number of benzene rings is 2. The van der Waals surface area contributed by atoms with E-state index in [1.54, 1.807) is 0 Å². The van der Waals surface area contributed by atoms with Gasteiger partial charge in [-0.2, -0.15) is 4.68 Å². The number of hydrogen-bond acceptors (Lipinski definition) is 5. The second-order valence-electron chi connectivity index (χ2n) is 7.20. The molecule has 1 aliphatic rings. The summed E-state index contributed by atoms with van der Waals surface area (Å²) in [5, 5.41) is 11.3. The lowest BCUT2D eigenvalue weighted by molar-refractivity contribution is 0.0609. The zero-order valence-electron chi connectivity index (χ0n) is 16.0. The monoisotopic (exact) mass is 376 g/mol. The molecule has 0 unspecified atom stereocenters. The molecule has 0 bridgehead atoms. The number of hydrogen-bond donors (Lipinski definition) is 0. The summed E-state index contributed by atoms with van der Waals surface area (Å²) in [6.07, 6.45) is 3.61. The number of carbonyl (C=O) groups is 1. The van der Waals surface area contributed by atoms with Crippen molar-refractivity contribution >= 4 is 5.91 Å². The molecule has 144 valence electrons. The van der Waals surface area contributed by atoms with Crippen LogP contribution in [0, 0.1) is 0 Å². The first-order chi connectivity index (χ1) is 13.7. The molecule has 2 aromatic carbocycles. The lowest BCUT2D eigenvalue weighted by Crippen LogP contribution is -2.48. The maximum Gasteiger partial charge on any atom is 0.256 e. The van der Waals surface area contributed by atoms with E-state index in [1.165, 1.54) is 16.6 Å². The number of aromatic nitrogens is 4. The van der Waals surface area contributed by atoms with Crippen molar-refractivity contribution in [1.82, 2.24) is 30.0 Å². The smallest absolute Gasteiger partial charge is 0.256 e. The quantitative estimate of drug-likeness (QED) is 0.684. The highest BCUT2D eigenvalue weighted by molar-refractivity contribution is 5.97. The summed E-state index contributed by atoms with van der Waals surface area (Å²) in [5.41, 5.74) is 2.61. The topological polar surface area (TPSA) is 67.2 Å². The van der Waals surface area contributed by atoms with Crippen molar-refractivity contribution in [1.29, 1.82) is 0 Å². The number of para-hydroxylation sites is 1. The predicted octanol–water partition coefficient (Wildman–Crippen LogP) is 2.40. The zero-order valence-corrected chi connectivity index (χ0v) is 16.0. The van der Waals surface area contributed by atoms with Crippen LogP contribution in [0.4, 0.5) is 0 Å². The van der Waals surface area contributed by atoms with Gasteiger partial charge in [-0.1, -0.05) is 42.5 Å². The lowest BCUT2D eigenvalue weighted by atomic mass is 10.0. The Hall–Kier alpha value is -3.06. The SMILES string of the molecule is CN(C(=O)c1ccccc1-n1cnnn1)[C@H]1CCCN(Cc2ccccc2)C1. The molecular weight excluding hydrogens is 352 g/mol.